The molecule has 4 nitrogen and oxygen atoms in total. The fourth-order valence-corrected chi connectivity index (χ4v) is 2.68. The quantitative estimate of drug-likeness (QED) is 0.501. The SMILES string of the molecule is CCCCCC(O)C(CCC)S(=O)(=O)O. The van der Waals surface area contributed by atoms with E-state index in [9.17, 15) is 13.5 Å². The zero-order valence-corrected chi connectivity index (χ0v) is 10.3. The lowest BCUT2D eigenvalue weighted by atomic mass is 10.1. The Hall–Kier alpha value is -0.130. The van der Waals surface area contributed by atoms with Gasteiger partial charge in [-0.3, -0.25) is 4.55 Å². The molecule has 15 heavy (non-hydrogen) atoms. The normalized spacial score (nSPS) is 16.3. The summed E-state index contributed by atoms with van der Waals surface area (Å²) in [6.45, 7) is 3.87. The average Bonchev–Trinajstić information content (AvgIpc) is 2.12. The largest absolute Gasteiger partial charge is 0.392 e. The Bertz CT molecular complexity index is 248. The van der Waals surface area contributed by atoms with Gasteiger partial charge in [0.1, 0.15) is 5.25 Å². The first kappa shape index (κ1) is 14.9. The minimum Gasteiger partial charge on any atom is -0.392 e. The van der Waals surface area contributed by atoms with Crippen molar-refractivity contribution in [1.82, 2.24) is 0 Å². The fourth-order valence-electron chi connectivity index (χ4n) is 1.61. The molecule has 0 rings (SSSR count). The van der Waals surface area contributed by atoms with Crippen LogP contribution in [-0.4, -0.2) is 29.4 Å². The molecule has 92 valence electrons. The van der Waals surface area contributed by atoms with Crippen LogP contribution in [0.3, 0.4) is 0 Å². The van der Waals surface area contributed by atoms with E-state index in [0.29, 0.717) is 19.3 Å². The van der Waals surface area contributed by atoms with Crippen LogP contribution in [0.25, 0.3) is 0 Å². The van der Waals surface area contributed by atoms with Gasteiger partial charge in [-0.2, -0.15) is 8.42 Å². The van der Waals surface area contributed by atoms with Gasteiger partial charge in [0.15, 0.2) is 0 Å². The van der Waals surface area contributed by atoms with Crippen molar-refractivity contribution in [2.75, 3.05) is 0 Å². The van der Waals surface area contributed by atoms with Gasteiger partial charge in [-0.25, -0.2) is 0 Å². The molecule has 0 aliphatic heterocycles. The van der Waals surface area contributed by atoms with Crippen LogP contribution in [0.2, 0.25) is 0 Å². The maximum atomic E-state index is 11.0. The third kappa shape index (κ3) is 6.12. The third-order valence-electron chi connectivity index (χ3n) is 2.49. The molecule has 2 N–H and O–H groups in total. The van der Waals surface area contributed by atoms with Crippen LogP contribution in [0.15, 0.2) is 0 Å². The molecule has 0 saturated carbocycles. The first-order chi connectivity index (χ1) is 6.93. The summed E-state index contributed by atoms with van der Waals surface area (Å²) in [5, 5.41) is 8.65. The molecule has 0 saturated heterocycles. The van der Waals surface area contributed by atoms with Gasteiger partial charge in [-0.05, 0) is 12.8 Å². The lowest BCUT2D eigenvalue weighted by Gasteiger charge is -2.19. The summed E-state index contributed by atoms with van der Waals surface area (Å²) in [6, 6.07) is 0. The van der Waals surface area contributed by atoms with Crippen LogP contribution in [-0.2, 0) is 10.1 Å². The van der Waals surface area contributed by atoms with Crippen molar-refractivity contribution in [3.8, 4) is 0 Å². The number of aliphatic hydroxyl groups excluding tert-OH is 1. The van der Waals surface area contributed by atoms with E-state index in [2.05, 4.69) is 0 Å². The predicted octanol–water partition coefficient (Wildman–Crippen LogP) is 1.98. The van der Waals surface area contributed by atoms with E-state index in [1.165, 1.54) is 0 Å². The van der Waals surface area contributed by atoms with Gasteiger partial charge in [0.25, 0.3) is 10.1 Å². The average molecular weight is 238 g/mol. The Morgan fingerprint density at radius 3 is 2.07 bits per heavy atom. The maximum Gasteiger partial charge on any atom is 0.270 e. The second-order valence-electron chi connectivity index (χ2n) is 3.91. The first-order valence-corrected chi connectivity index (χ1v) is 7.08. The van der Waals surface area contributed by atoms with Crippen LogP contribution >= 0.6 is 0 Å². The van der Waals surface area contributed by atoms with Crippen molar-refractivity contribution < 1.29 is 18.1 Å². The van der Waals surface area contributed by atoms with Crippen molar-refractivity contribution in [1.29, 1.82) is 0 Å². The number of unbranched alkanes of at least 4 members (excludes halogenated alkanes) is 2. The van der Waals surface area contributed by atoms with E-state index < -0.39 is 21.5 Å². The molecule has 0 fully saturated rings. The monoisotopic (exact) mass is 238 g/mol. The standard InChI is InChI=1S/C10H22O4S/c1-3-5-6-8-9(11)10(7-4-2)15(12,13)14/h9-11H,3-8H2,1-2H3,(H,12,13,14). The summed E-state index contributed by atoms with van der Waals surface area (Å²) in [4.78, 5) is 0. The minimum absolute atomic E-state index is 0.312. The van der Waals surface area contributed by atoms with Gasteiger partial charge >= 0.3 is 0 Å². The molecule has 0 aliphatic carbocycles. The van der Waals surface area contributed by atoms with E-state index in [1.807, 2.05) is 13.8 Å². The van der Waals surface area contributed by atoms with Crippen LogP contribution in [0.1, 0.15) is 52.4 Å². The molecular weight excluding hydrogens is 216 g/mol. The highest BCUT2D eigenvalue weighted by Gasteiger charge is 2.29. The Morgan fingerprint density at radius 1 is 1.07 bits per heavy atom. The fraction of sp³-hybridized carbons (Fsp3) is 1.00. The number of rotatable bonds is 8. The molecule has 0 aliphatic rings. The molecular formula is C10H22O4S. The molecule has 0 aromatic rings. The predicted molar refractivity (Wildman–Crippen MR) is 60.4 cm³/mol. The lowest BCUT2D eigenvalue weighted by molar-refractivity contribution is 0.147. The number of aliphatic hydroxyl groups is 1. The first-order valence-electron chi connectivity index (χ1n) is 5.57. The zero-order valence-electron chi connectivity index (χ0n) is 9.52. The summed E-state index contributed by atoms with van der Waals surface area (Å²) in [5.41, 5.74) is 0. The Morgan fingerprint density at radius 2 is 1.67 bits per heavy atom. The van der Waals surface area contributed by atoms with Crippen LogP contribution < -0.4 is 0 Å². The third-order valence-corrected chi connectivity index (χ3v) is 3.80. The topological polar surface area (TPSA) is 74.6 Å². The molecule has 0 aromatic heterocycles. The molecule has 0 aromatic carbocycles. The summed E-state index contributed by atoms with van der Waals surface area (Å²) in [5.74, 6) is 0. The van der Waals surface area contributed by atoms with Crippen molar-refractivity contribution >= 4 is 10.1 Å². The highest BCUT2D eigenvalue weighted by Crippen LogP contribution is 2.16. The van der Waals surface area contributed by atoms with Crippen molar-refractivity contribution in [2.24, 2.45) is 0 Å². The number of hydrogen-bond donors (Lipinski definition) is 2. The van der Waals surface area contributed by atoms with Gasteiger partial charge in [0, 0.05) is 0 Å². The van der Waals surface area contributed by atoms with Crippen LogP contribution in [0, 0.1) is 0 Å². The summed E-state index contributed by atoms with van der Waals surface area (Å²) >= 11 is 0. The number of hydrogen-bond acceptors (Lipinski definition) is 3. The summed E-state index contributed by atoms with van der Waals surface area (Å²) < 4.78 is 30.9. The highest BCUT2D eigenvalue weighted by atomic mass is 32.2. The van der Waals surface area contributed by atoms with Crippen molar-refractivity contribution in [3.63, 3.8) is 0 Å². The molecule has 0 bridgehead atoms. The van der Waals surface area contributed by atoms with Crippen molar-refractivity contribution in [2.45, 2.75) is 63.7 Å². The minimum atomic E-state index is -4.11. The second-order valence-corrected chi connectivity index (χ2v) is 5.54. The zero-order chi connectivity index (χ0) is 11.9. The van der Waals surface area contributed by atoms with E-state index in [-0.39, 0.29) is 0 Å². The molecule has 0 radical (unpaired) electrons. The summed E-state index contributed by atoms with van der Waals surface area (Å²) in [6.07, 6.45) is 3.25. The molecule has 0 spiro atoms. The lowest BCUT2D eigenvalue weighted by Crippen LogP contribution is -2.33. The smallest absolute Gasteiger partial charge is 0.270 e. The van der Waals surface area contributed by atoms with Gasteiger partial charge in [-0.15, -0.1) is 0 Å². The van der Waals surface area contributed by atoms with Gasteiger partial charge in [-0.1, -0.05) is 39.5 Å². The van der Waals surface area contributed by atoms with Gasteiger partial charge in [0.2, 0.25) is 0 Å². The van der Waals surface area contributed by atoms with E-state index in [1.54, 1.807) is 0 Å². The van der Waals surface area contributed by atoms with Crippen molar-refractivity contribution in [3.05, 3.63) is 0 Å². The summed E-state index contributed by atoms with van der Waals surface area (Å²) in [7, 11) is -4.11. The Labute approximate surface area is 92.4 Å². The molecule has 2 atom stereocenters. The van der Waals surface area contributed by atoms with E-state index in [0.717, 1.165) is 19.3 Å². The Kier molecular flexibility index (Phi) is 7.13. The van der Waals surface area contributed by atoms with E-state index in [4.69, 9.17) is 4.55 Å². The molecule has 5 heteroatoms. The second kappa shape index (κ2) is 7.19. The molecule has 0 heterocycles. The molecule has 0 amide bonds. The Balaban J connectivity index is 4.24. The van der Waals surface area contributed by atoms with Crippen LogP contribution in [0.4, 0.5) is 0 Å². The van der Waals surface area contributed by atoms with E-state index >= 15 is 0 Å². The van der Waals surface area contributed by atoms with Crippen LogP contribution in [0.5, 0.6) is 0 Å². The van der Waals surface area contributed by atoms with Gasteiger partial charge < -0.3 is 5.11 Å². The molecule has 2 unspecified atom stereocenters. The maximum absolute atomic E-state index is 11.0. The van der Waals surface area contributed by atoms with Gasteiger partial charge in [0.05, 0.1) is 6.10 Å². The highest BCUT2D eigenvalue weighted by molar-refractivity contribution is 7.86.